The molecular formula is C25H26N2O5S. The Kier molecular flexibility index (Phi) is 6.65. The second-order valence-corrected chi connectivity index (χ2v) is 9.50. The Morgan fingerprint density at radius 1 is 1.18 bits per heavy atom. The quantitative estimate of drug-likeness (QED) is 0.493. The van der Waals surface area contributed by atoms with Crippen molar-refractivity contribution in [1.29, 1.82) is 0 Å². The summed E-state index contributed by atoms with van der Waals surface area (Å²) in [6.45, 7) is 5.81. The maximum Gasteiger partial charge on any atom is 0.344 e. The number of benzene rings is 2. The summed E-state index contributed by atoms with van der Waals surface area (Å²) >= 11 is 1.35. The van der Waals surface area contributed by atoms with Crippen molar-refractivity contribution >= 4 is 28.9 Å². The molecule has 0 atom stereocenters. The van der Waals surface area contributed by atoms with Gasteiger partial charge < -0.3 is 19.5 Å². The molecule has 33 heavy (non-hydrogen) atoms. The highest BCUT2D eigenvalue weighted by Gasteiger charge is 2.32. The zero-order valence-corrected chi connectivity index (χ0v) is 19.7. The predicted octanol–water partition coefficient (Wildman–Crippen LogP) is 4.47. The number of carbonyl (C=O) groups excluding carboxylic acids is 2. The van der Waals surface area contributed by atoms with Gasteiger partial charge in [0.05, 0.1) is 12.1 Å². The van der Waals surface area contributed by atoms with Crippen LogP contribution in [0.4, 0.5) is 5.69 Å². The summed E-state index contributed by atoms with van der Waals surface area (Å²) in [5.74, 6) is 0.566. The van der Waals surface area contributed by atoms with E-state index in [2.05, 4.69) is 10.3 Å². The molecule has 2 aromatic carbocycles. The van der Waals surface area contributed by atoms with E-state index in [0.29, 0.717) is 22.2 Å². The average molecular weight is 467 g/mol. The maximum atomic E-state index is 12.2. The van der Waals surface area contributed by atoms with Crippen LogP contribution in [0.1, 0.15) is 35.7 Å². The van der Waals surface area contributed by atoms with Crippen LogP contribution in [0.25, 0.3) is 0 Å². The molecule has 3 aromatic rings. The first-order valence-electron chi connectivity index (χ1n) is 10.7. The summed E-state index contributed by atoms with van der Waals surface area (Å²) in [7, 11) is 0. The normalized spacial score (nSPS) is 13.7. The van der Waals surface area contributed by atoms with Crippen LogP contribution >= 0.6 is 11.3 Å². The highest BCUT2D eigenvalue weighted by Crippen LogP contribution is 2.41. The fraction of sp³-hybridized carbons (Fsp3) is 0.320. The Bertz CT molecular complexity index is 1150. The molecule has 0 saturated heterocycles. The Balaban J connectivity index is 1.23. The van der Waals surface area contributed by atoms with E-state index in [4.69, 9.17) is 14.2 Å². The van der Waals surface area contributed by atoms with E-state index < -0.39 is 5.97 Å². The third kappa shape index (κ3) is 6.10. The lowest BCUT2D eigenvalue weighted by molar-refractivity contribution is -0.147. The van der Waals surface area contributed by atoms with Crippen LogP contribution in [0.3, 0.4) is 0 Å². The van der Waals surface area contributed by atoms with Crippen LogP contribution in [-0.2, 0) is 33.8 Å². The summed E-state index contributed by atoms with van der Waals surface area (Å²) in [5, 5.41) is 5.28. The third-order valence-electron chi connectivity index (χ3n) is 5.03. The van der Waals surface area contributed by atoms with Crippen LogP contribution in [0.2, 0.25) is 0 Å². The van der Waals surface area contributed by atoms with Crippen molar-refractivity contribution in [2.75, 3.05) is 11.9 Å². The minimum Gasteiger partial charge on any atom is -0.483 e. The molecule has 172 valence electrons. The van der Waals surface area contributed by atoms with Crippen LogP contribution < -0.4 is 14.8 Å². The number of ether oxygens (including phenoxy) is 3. The van der Waals surface area contributed by atoms with Crippen LogP contribution in [0.5, 0.6) is 11.5 Å². The zero-order valence-electron chi connectivity index (χ0n) is 18.8. The number of fused-ring (bicyclic) bond motifs is 1. The Hall–Kier alpha value is -3.39. The number of hydrogen-bond acceptors (Lipinski definition) is 7. The van der Waals surface area contributed by atoms with Gasteiger partial charge in [-0.3, -0.25) is 4.79 Å². The van der Waals surface area contributed by atoms with Gasteiger partial charge in [-0.25, -0.2) is 9.78 Å². The number of amides is 1. The molecule has 4 rings (SSSR count). The minimum atomic E-state index is -0.503. The molecule has 1 amide bonds. The largest absolute Gasteiger partial charge is 0.483 e. The van der Waals surface area contributed by atoms with Gasteiger partial charge >= 0.3 is 5.97 Å². The molecule has 2 heterocycles. The second-order valence-electron chi connectivity index (χ2n) is 8.56. The van der Waals surface area contributed by atoms with E-state index in [0.717, 1.165) is 23.2 Å². The zero-order chi connectivity index (χ0) is 23.4. The van der Waals surface area contributed by atoms with E-state index in [-0.39, 0.29) is 31.1 Å². The molecule has 1 aliphatic heterocycles. The van der Waals surface area contributed by atoms with E-state index >= 15 is 0 Å². The molecule has 8 heteroatoms. The first-order chi connectivity index (χ1) is 15.8. The molecule has 1 N–H and O–H groups in total. The summed E-state index contributed by atoms with van der Waals surface area (Å²) in [6, 6.07) is 13.3. The van der Waals surface area contributed by atoms with Crippen molar-refractivity contribution in [3.8, 4) is 11.5 Å². The second kappa shape index (κ2) is 9.62. The monoisotopic (exact) mass is 466 g/mol. The molecular weight excluding hydrogens is 440 g/mol. The van der Waals surface area contributed by atoms with Gasteiger partial charge in [0, 0.05) is 23.1 Å². The third-order valence-corrected chi connectivity index (χ3v) is 5.93. The SMILES string of the molecule is Cc1ccc(NC(=O)Cc2nc(COC(=O)COc3cccc4c3OC(C)(C)C4)cs2)cc1. The van der Waals surface area contributed by atoms with Gasteiger partial charge in [0.15, 0.2) is 18.1 Å². The van der Waals surface area contributed by atoms with E-state index in [9.17, 15) is 9.59 Å². The van der Waals surface area contributed by atoms with E-state index in [1.807, 2.05) is 57.2 Å². The standard InChI is InChI=1S/C25H26N2O5S/c1-16-7-9-18(10-8-16)26-21(28)11-22-27-19(15-33-22)13-31-23(29)14-30-20-6-4-5-17-12-25(2,3)32-24(17)20/h4-10,15H,11-14H2,1-3H3,(H,26,28). The number of aromatic nitrogens is 1. The minimum absolute atomic E-state index is 0.0225. The van der Waals surface area contributed by atoms with Gasteiger partial charge in [0.25, 0.3) is 0 Å². The number of anilines is 1. The molecule has 0 aliphatic carbocycles. The summed E-state index contributed by atoms with van der Waals surface area (Å²) in [4.78, 5) is 28.8. The number of para-hydroxylation sites is 1. The number of hydrogen-bond donors (Lipinski definition) is 1. The molecule has 1 aromatic heterocycles. The first kappa shape index (κ1) is 22.8. The van der Waals surface area contributed by atoms with Crippen LogP contribution in [0, 0.1) is 6.92 Å². The molecule has 0 bridgehead atoms. The van der Waals surface area contributed by atoms with Crippen molar-refractivity contribution in [2.24, 2.45) is 0 Å². The number of esters is 1. The fourth-order valence-corrected chi connectivity index (χ4v) is 4.29. The maximum absolute atomic E-state index is 12.2. The fourth-order valence-electron chi connectivity index (χ4n) is 3.51. The number of carbonyl (C=O) groups is 2. The highest BCUT2D eigenvalue weighted by molar-refractivity contribution is 7.09. The average Bonchev–Trinajstić information content (AvgIpc) is 3.34. The smallest absolute Gasteiger partial charge is 0.344 e. The van der Waals surface area contributed by atoms with Gasteiger partial charge in [-0.1, -0.05) is 29.8 Å². The lowest BCUT2D eigenvalue weighted by atomic mass is 10.0. The van der Waals surface area contributed by atoms with Gasteiger partial charge in [-0.2, -0.15) is 0 Å². The van der Waals surface area contributed by atoms with Crippen LogP contribution in [0.15, 0.2) is 47.8 Å². The van der Waals surface area contributed by atoms with Gasteiger partial charge in [-0.15, -0.1) is 11.3 Å². The lowest BCUT2D eigenvalue weighted by Crippen LogP contribution is -2.24. The number of thiazole rings is 1. The van der Waals surface area contributed by atoms with Crippen molar-refractivity contribution in [2.45, 2.75) is 45.8 Å². The van der Waals surface area contributed by atoms with Gasteiger partial charge in [0.1, 0.15) is 17.2 Å². The Morgan fingerprint density at radius 3 is 2.76 bits per heavy atom. The van der Waals surface area contributed by atoms with Gasteiger partial charge in [0.2, 0.25) is 5.91 Å². The molecule has 7 nitrogen and oxygen atoms in total. The first-order valence-corrected chi connectivity index (χ1v) is 11.5. The molecule has 0 saturated carbocycles. The van der Waals surface area contributed by atoms with E-state index in [1.54, 1.807) is 11.4 Å². The van der Waals surface area contributed by atoms with Crippen molar-refractivity contribution < 1.29 is 23.8 Å². The number of nitrogens with one attached hydrogen (secondary N) is 1. The molecule has 0 radical (unpaired) electrons. The van der Waals surface area contributed by atoms with Crippen molar-refractivity contribution in [3.05, 3.63) is 69.7 Å². The number of nitrogens with zero attached hydrogens (tertiary/aromatic N) is 1. The molecule has 0 fully saturated rings. The lowest BCUT2D eigenvalue weighted by Gasteiger charge is -2.18. The Labute approximate surface area is 196 Å². The predicted molar refractivity (Wildman–Crippen MR) is 126 cm³/mol. The van der Waals surface area contributed by atoms with Gasteiger partial charge in [-0.05, 0) is 39.0 Å². The summed E-state index contributed by atoms with van der Waals surface area (Å²) in [5.41, 5.74) is 3.24. The van der Waals surface area contributed by atoms with Crippen molar-refractivity contribution in [1.82, 2.24) is 4.98 Å². The van der Waals surface area contributed by atoms with Crippen molar-refractivity contribution in [3.63, 3.8) is 0 Å². The topological polar surface area (TPSA) is 86.8 Å². The van der Waals surface area contributed by atoms with E-state index in [1.165, 1.54) is 11.3 Å². The van der Waals surface area contributed by atoms with Crippen LogP contribution in [-0.4, -0.2) is 29.1 Å². The Morgan fingerprint density at radius 2 is 1.97 bits per heavy atom. The number of rotatable bonds is 8. The number of aryl methyl sites for hydroxylation is 1. The molecule has 0 spiro atoms. The summed E-state index contributed by atoms with van der Waals surface area (Å²) < 4.78 is 16.9. The molecule has 0 unspecified atom stereocenters. The molecule has 1 aliphatic rings. The summed E-state index contributed by atoms with van der Waals surface area (Å²) in [6.07, 6.45) is 0.949. The highest BCUT2D eigenvalue weighted by atomic mass is 32.1.